The lowest BCUT2D eigenvalue weighted by Gasteiger charge is -2.14. The van der Waals surface area contributed by atoms with Crippen molar-refractivity contribution in [2.75, 3.05) is 13.2 Å². The fraction of sp³-hybridized carbons (Fsp3) is 0.357. The van der Waals surface area contributed by atoms with E-state index in [1.165, 1.54) is 11.8 Å². The van der Waals surface area contributed by atoms with Gasteiger partial charge in [-0.3, -0.25) is 4.79 Å². The average Bonchev–Trinajstić information content (AvgIpc) is 3.10. The molecule has 0 aliphatic carbocycles. The molecule has 2 N–H and O–H groups in total. The summed E-state index contributed by atoms with van der Waals surface area (Å²) in [5, 5.41) is 16.0. The van der Waals surface area contributed by atoms with Crippen LogP contribution in [-0.2, 0) is 0 Å². The van der Waals surface area contributed by atoms with Gasteiger partial charge in [-0.25, -0.2) is 0 Å². The third-order valence-electron chi connectivity index (χ3n) is 3.02. The predicted molar refractivity (Wildman–Crippen MR) is 74.4 cm³/mol. The number of carbonyl (C=O) groups excluding carboxylic acids is 1. The molecule has 4 nitrogen and oxygen atoms in total. The van der Waals surface area contributed by atoms with Crippen LogP contribution in [0.25, 0.3) is 0 Å². The Labute approximate surface area is 116 Å². The summed E-state index contributed by atoms with van der Waals surface area (Å²) in [6.45, 7) is 0.729. The highest BCUT2D eigenvalue weighted by Gasteiger charge is 2.13. The summed E-state index contributed by atoms with van der Waals surface area (Å²) in [5.41, 5.74) is 1.23. The van der Waals surface area contributed by atoms with Crippen LogP contribution in [0.5, 0.6) is 0 Å². The maximum absolute atomic E-state index is 11.7. The number of thiophene rings is 1. The first-order valence-electron chi connectivity index (χ1n) is 6.26. The van der Waals surface area contributed by atoms with Gasteiger partial charge < -0.3 is 14.8 Å². The van der Waals surface area contributed by atoms with E-state index in [-0.39, 0.29) is 18.4 Å². The topological polar surface area (TPSA) is 62.5 Å². The molecule has 2 heterocycles. The second kappa shape index (κ2) is 7.11. The van der Waals surface area contributed by atoms with E-state index in [4.69, 9.17) is 9.52 Å². The second-order valence-electron chi connectivity index (χ2n) is 4.29. The van der Waals surface area contributed by atoms with Crippen LogP contribution in [0, 0.1) is 0 Å². The Morgan fingerprint density at radius 2 is 2.32 bits per heavy atom. The van der Waals surface area contributed by atoms with Crippen LogP contribution >= 0.6 is 11.3 Å². The van der Waals surface area contributed by atoms with Crippen LogP contribution in [-0.4, -0.2) is 24.2 Å². The van der Waals surface area contributed by atoms with Crippen molar-refractivity contribution in [3.63, 3.8) is 0 Å². The molecule has 5 heteroatoms. The van der Waals surface area contributed by atoms with Gasteiger partial charge in [-0.15, -0.1) is 0 Å². The van der Waals surface area contributed by atoms with Crippen LogP contribution in [0.4, 0.5) is 0 Å². The van der Waals surface area contributed by atoms with Crippen LogP contribution < -0.4 is 5.32 Å². The van der Waals surface area contributed by atoms with E-state index in [0.29, 0.717) is 18.7 Å². The molecule has 0 saturated carbocycles. The Morgan fingerprint density at radius 3 is 2.95 bits per heavy atom. The Kier molecular flexibility index (Phi) is 5.18. The van der Waals surface area contributed by atoms with E-state index in [9.17, 15) is 4.79 Å². The minimum absolute atomic E-state index is 0.159. The van der Waals surface area contributed by atoms with Crippen LogP contribution in [0.2, 0.25) is 0 Å². The minimum atomic E-state index is -0.196. The number of hydrogen-bond acceptors (Lipinski definition) is 4. The highest BCUT2D eigenvalue weighted by atomic mass is 32.1. The van der Waals surface area contributed by atoms with Gasteiger partial charge in [-0.2, -0.15) is 11.3 Å². The van der Waals surface area contributed by atoms with Crippen molar-refractivity contribution < 1.29 is 14.3 Å². The molecule has 2 aromatic rings. The molecule has 0 fully saturated rings. The van der Waals surface area contributed by atoms with Gasteiger partial charge in [-0.05, 0) is 53.3 Å². The van der Waals surface area contributed by atoms with Gasteiger partial charge in [0, 0.05) is 13.2 Å². The zero-order chi connectivity index (χ0) is 13.5. The number of amides is 1. The molecule has 0 unspecified atom stereocenters. The maximum Gasteiger partial charge on any atom is 0.286 e. The van der Waals surface area contributed by atoms with Gasteiger partial charge in [0.1, 0.15) is 0 Å². The summed E-state index contributed by atoms with van der Waals surface area (Å²) >= 11 is 1.65. The molecule has 2 rings (SSSR count). The maximum atomic E-state index is 11.7. The first kappa shape index (κ1) is 13.8. The molecule has 0 aliphatic heterocycles. The molecule has 0 aliphatic rings. The lowest BCUT2D eigenvalue weighted by atomic mass is 9.95. The highest BCUT2D eigenvalue weighted by molar-refractivity contribution is 7.07. The minimum Gasteiger partial charge on any atom is -0.459 e. The van der Waals surface area contributed by atoms with E-state index in [2.05, 4.69) is 16.8 Å². The van der Waals surface area contributed by atoms with Gasteiger partial charge in [0.15, 0.2) is 5.76 Å². The van der Waals surface area contributed by atoms with E-state index in [0.717, 1.165) is 6.42 Å². The van der Waals surface area contributed by atoms with E-state index in [1.807, 2.05) is 5.38 Å². The van der Waals surface area contributed by atoms with Crippen molar-refractivity contribution in [2.24, 2.45) is 0 Å². The fourth-order valence-corrected chi connectivity index (χ4v) is 2.74. The zero-order valence-corrected chi connectivity index (χ0v) is 11.4. The Hall–Kier alpha value is -1.59. The largest absolute Gasteiger partial charge is 0.459 e. The molecule has 0 aromatic carbocycles. The number of aliphatic hydroxyl groups is 1. The van der Waals surface area contributed by atoms with E-state index < -0.39 is 0 Å². The SMILES string of the molecule is O=C(NCC[C@H](CCO)c1ccsc1)c1ccco1. The third-order valence-corrected chi connectivity index (χ3v) is 3.72. The number of aliphatic hydroxyl groups excluding tert-OH is 1. The lowest BCUT2D eigenvalue weighted by molar-refractivity contribution is 0.0924. The standard InChI is InChI=1S/C14H17NO3S/c16-7-4-11(12-5-9-19-10-12)3-6-15-14(17)13-2-1-8-18-13/h1-2,5,8-11,16H,3-4,6-7H2,(H,15,17)/t11-/m1/s1. The van der Waals surface area contributed by atoms with Gasteiger partial charge in [-0.1, -0.05) is 0 Å². The van der Waals surface area contributed by atoms with Crippen molar-refractivity contribution in [3.05, 3.63) is 46.5 Å². The first-order valence-corrected chi connectivity index (χ1v) is 7.20. The van der Waals surface area contributed by atoms with Crippen LogP contribution in [0.15, 0.2) is 39.6 Å². The summed E-state index contributed by atoms with van der Waals surface area (Å²) in [6.07, 6.45) is 3.01. The molecule has 0 bridgehead atoms. The third kappa shape index (κ3) is 3.94. The van der Waals surface area contributed by atoms with E-state index >= 15 is 0 Å². The molecular formula is C14H17NO3S. The number of furan rings is 1. The number of carbonyl (C=O) groups is 1. The molecular weight excluding hydrogens is 262 g/mol. The summed E-state index contributed by atoms with van der Waals surface area (Å²) in [4.78, 5) is 11.7. The molecule has 0 saturated heterocycles. The molecule has 0 radical (unpaired) electrons. The van der Waals surface area contributed by atoms with Crippen molar-refractivity contribution in [3.8, 4) is 0 Å². The predicted octanol–water partition coefficient (Wildman–Crippen LogP) is 2.63. The fourth-order valence-electron chi connectivity index (χ4n) is 2.00. The van der Waals surface area contributed by atoms with Crippen molar-refractivity contribution in [1.29, 1.82) is 0 Å². The van der Waals surface area contributed by atoms with Crippen LogP contribution in [0.3, 0.4) is 0 Å². The smallest absolute Gasteiger partial charge is 0.286 e. The number of nitrogens with one attached hydrogen (secondary N) is 1. The Balaban J connectivity index is 1.81. The van der Waals surface area contributed by atoms with Crippen molar-refractivity contribution >= 4 is 17.2 Å². The van der Waals surface area contributed by atoms with Gasteiger partial charge in [0.2, 0.25) is 0 Å². The molecule has 0 spiro atoms. The molecule has 1 amide bonds. The quantitative estimate of drug-likeness (QED) is 0.819. The summed E-state index contributed by atoms with van der Waals surface area (Å²) in [7, 11) is 0. The zero-order valence-electron chi connectivity index (χ0n) is 10.5. The second-order valence-corrected chi connectivity index (χ2v) is 5.07. The van der Waals surface area contributed by atoms with Crippen molar-refractivity contribution in [2.45, 2.75) is 18.8 Å². The highest BCUT2D eigenvalue weighted by Crippen LogP contribution is 2.24. The molecule has 102 valence electrons. The number of rotatable bonds is 7. The lowest BCUT2D eigenvalue weighted by Crippen LogP contribution is -2.25. The van der Waals surface area contributed by atoms with Crippen LogP contribution in [0.1, 0.15) is 34.9 Å². The van der Waals surface area contributed by atoms with Gasteiger partial charge in [0.05, 0.1) is 6.26 Å². The monoisotopic (exact) mass is 279 g/mol. The normalized spacial score (nSPS) is 12.3. The van der Waals surface area contributed by atoms with Crippen molar-refractivity contribution in [1.82, 2.24) is 5.32 Å². The van der Waals surface area contributed by atoms with Gasteiger partial charge in [0.25, 0.3) is 5.91 Å². The summed E-state index contributed by atoms with van der Waals surface area (Å²) < 4.78 is 5.02. The Bertz CT molecular complexity index is 479. The number of hydrogen-bond donors (Lipinski definition) is 2. The first-order chi connectivity index (χ1) is 9.31. The average molecular weight is 279 g/mol. The van der Waals surface area contributed by atoms with E-state index in [1.54, 1.807) is 23.5 Å². The summed E-state index contributed by atoms with van der Waals surface area (Å²) in [6, 6.07) is 5.40. The molecule has 1 atom stereocenters. The molecule has 19 heavy (non-hydrogen) atoms. The molecule has 2 aromatic heterocycles. The Morgan fingerprint density at radius 1 is 1.42 bits per heavy atom. The van der Waals surface area contributed by atoms with Gasteiger partial charge >= 0.3 is 0 Å². The summed E-state index contributed by atoms with van der Waals surface area (Å²) in [5.74, 6) is 0.417.